The number of carboxylic acids is 1. The van der Waals surface area contributed by atoms with Crippen LogP contribution in [-0.2, 0) is 11.2 Å². The molecular weight excluding hydrogens is 246 g/mol. The third kappa shape index (κ3) is 2.70. The molecule has 0 aliphatic carbocycles. The second kappa shape index (κ2) is 5.06. The summed E-state index contributed by atoms with van der Waals surface area (Å²) in [7, 11) is 0. The number of aliphatic carboxylic acids is 1. The third-order valence-electron chi connectivity index (χ3n) is 2.93. The molecule has 0 aliphatic rings. The van der Waals surface area contributed by atoms with Crippen LogP contribution in [0.4, 0.5) is 0 Å². The van der Waals surface area contributed by atoms with E-state index < -0.39 is 5.97 Å². The normalized spacial score (nSPS) is 13.1. The molecule has 1 heterocycles. The summed E-state index contributed by atoms with van der Waals surface area (Å²) in [4.78, 5) is 15.4. The fourth-order valence-corrected chi connectivity index (χ4v) is 2.76. The molecule has 1 atom stereocenters. The predicted molar refractivity (Wildman–Crippen MR) is 74.2 cm³/mol. The first-order chi connectivity index (χ1) is 8.47. The number of hydrogen-bond acceptors (Lipinski definition) is 3. The van der Waals surface area contributed by atoms with Gasteiger partial charge >= 0.3 is 5.97 Å². The second-order valence-electron chi connectivity index (χ2n) is 4.95. The van der Waals surface area contributed by atoms with Crippen LogP contribution in [0.1, 0.15) is 37.3 Å². The van der Waals surface area contributed by atoms with Crippen LogP contribution < -0.4 is 0 Å². The Bertz CT molecular complexity index is 574. The van der Waals surface area contributed by atoms with Crippen molar-refractivity contribution in [2.75, 3.05) is 0 Å². The van der Waals surface area contributed by atoms with Crippen LogP contribution in [0.3, 0.4) is 0 Å². The monoisotopic (exact) mass is 263 g/mol. The van der Waals surface area contributed by atoms with E-state index >= 15 is 0 Å². The van der Waals surface area contributed by atoms with E-state index in [1.165, 1.54) is 4.70 Å². The van der Waals surface area contributed by atoms with Gasteiger partial charge in [-0.3, -0.25) is 4.79 Å². The molecule has 0 saturated heterocycles. The quantitative estimate of drug-likeness (QED) is 0.915. The van der Waals surface area contributed by atoms with Crippen molar-refractivity contribution in [3.63, 3.8) is 0 Å². The second-order valence-corrected chi connectivity index (χ2v) is 6.01. The topological polar surface area (TPSA) is 50.2 Å². The Morgan fingerprint density at radius 1 is 1.39 bits per heavy atom. The fraction of sp³-hybridized carbons (Fsp3) is 0.429. The summed E-state index contributed by atoms with van der Waals surface area (Å²) in [6.45, 7) is 5.99. The van der Waals surface area contributed by atoms with Gasteiger partial charge in [-0.1, -0.05) is 26.8 Å². The van der Waals surface area contributed by atoms with Gasteiger partial charge in [0.1, 0.15) is 0 Å². The molecule has 1 aromatic heterocycles. The standard InChI is InChI=1S/C14H17NO2S/c1-8(2)13-15-11-7-10(4-5-12(11)18-13)6-9(3)14(16)17/h4-5,7-9H,6H2,1-3H3,(H,16,17). The molecule has 0 bridgehead atoms. The molecular formula is C14H17NO2S. The third-order valence-corrected chi connectivity index (χ3v) is 4.26. The zero-order chi connectivity index (χ0) is 13.3. The number of hydrogen-bond donors (Lipinski definition) is 1. The molecule has 0 saturated carbocycles. The molecule has 0 fully saturated rings. The Morgan fingerprint density at radius 3 is 2.72 bits per heavy atom. The SMILES string of the molecule is CC(Cc1ccc2sc(C(C)C)nc2c1)C(=O)O. The minimum absolute atomic E-state index is 0.356. The van der Waals surface area contributed by atoms with E-state index in [9.17, 15) is 4.79 Å². The van der Waals surface area contributed by atoms with Crippen LogP contribution in [-0.4, -0.2) is 16.1 Å². The summed E-state index contributed by atoms with van der Waals surface area (Å²) in [5, 5.41) is 10.1. The first kappa shape index (κ1) is 13.0. The number of benzene rings is 1. The Balaban J connectivity index is 2.29. The fourth-order valence-electron chi connectivity index (χ4n) is 1.81. The van der Waals surface area contributed by atoms with Crippen molar-refractivity contribution >= 4 is 27.5 Å². The number of carbonyl (C=O) groups is 1. The van der Waals surface area contributed by atoms with E-state index in [1.54, 1.807) is 18.3 Å². The summed E-state index contributed by atoms with van der Waals surface area (Å²) < 4.78 is 1.17. The average molecular weight is 263 g/mol. The van der Waals surface area contributed by atoms with Gasteiger partial charge in [0.2, 0.25) is 0 Å². The van der Waals surface area contributed by atoms with Gasteiger partial charge in [0, 0.05) is 5.92 Å². The van der Waals surface area contributed by atoms with E-state index in [0.29, 0.717) is 12.3 Å². The van der Waals surface area contributed by atoms with Gasteiger partial charge in [-0.05, 0) is 24.1 Å². The van der Waals surface area contributed by atoms with Gasteiger partial charge < -0.3 is 5.11 Å². The molecule has 1 N–H and O–H groups in total. The summed E-state index contributed by atoms with van der Waals surface area (Å²) in [5.74, 6) is -0.675. The number of aromatic nitrogens is 1. The van der Waals surface area contributed by atoms with Crippen LogP contribution >= 0.6 is 11.3 Å². The van der Waals surface area contributed by atoms with E-state index in [-0.39, 0.29) is 5.92 Å². The lowest BCUT2D eigenvalue weighted by Gasteiger charge is -2.05. The highest BCUT2D eigenvalue weighted by atomic mass is 32.1. The Kier molecular flexibility index (Phi) is 3.66. The summed E-state index contributed by atoms with van der Waals surface area (Å²) in [6.07, 6.45) is 0.555. The molecule has 96 valence electrons. The van der Waals surface area contributed by atoms with E-state index in [1.807, 2.05) is 18.2 Å². The highest BCUT2D eigenvalue weighted by molar-refractivity contribution is 7.18. The minimum Gasteiger partial charge on any atom is -0.481 e. The van der Waals surface area contributed by atoms with Crippen molar-refractivity contribution in [3.05, 3.63) is 28.8 Å². The molecule has 4 heteroatoms. The van der Waals surface area contributed by atoms with Crippen LogP contribution in [0.2, 0.25) is 0 Å². The lowest BCUT2D eigenvalue weighted by Crippen LogP contribution is -2.12. The van der Waals surface area contributed by atoms with Crippen molar-refractivity contribution in [1.29, 1.82) is 0 Å². The molecule has 0 amide bonds. The maximum atomic E-state index is 10.8. The van der Waals surface area contributed by atoms with Gasteiger partial charge in [-0.25, -0.2) is 4.98 Å². The average Bonchev–Trinajstić information content (AvgIpc) is 2.71. The molecule has 2 rings (SSSR count). The molecule has 0 aliphatic heterocycles. The minimum atomic E-state index is -0.753. The molecule has 0 radical (unpaired) electrons. The highest BCUT2D eigenvalue weighted by Crippen LogP contribution is 2.28. The largest absolute Gasteiger partial charge is 0.481 e. The van der Waals surface area contributed by atoms with Crippen LogP contribution in [0, 0.1) is 5.92 Å². The lowest BCUT2D eigenvalue weighted by atomic mass is 10.0. The summed E-state index contributed by atoms with van der Waals surface area (Å²) in [5.41, 5.74) is 2.02. The number of fused-ring (bicyclic) bond motifs is 1. The van der Waals surface area contributed by atoms with Gasteiger partial charge in [0.15, 0.2) is 0 Å². The Morgan fingerprint density at radius 2 is 2.11 bits per heavy atom. The molecule has 3 nitrogen and oxygen atoms in total. The van der Waals surface area contributed by atoms with E-state index in [0.717, 1.165) is 16.1 Å². The molecule has 1 unspecified atom stereocenters. The van der Waals surface area contributed by atoms with Gasteiger partial charge in [0.05, 0.1) is 21.1 Å². The lowest BCUT2D eigenvalue weighted by molar-refractivity contribution is -0.141. The smallest absolute Gasteiger partial charge is 0.306 e. The van der Waals surface area contributed by atoms with Crippen molar-refractivity contribution in [3.8, 4) is 0 Å². The Hall–Kier alpha value is -1.42. The first-order valence-corrected chi connectivity index (χ1v) is 6.91. The number of thiazole rings is 1. The Labute approximate surface area is 110 Å². The maximum absolute atomic E-state index is 10.8. The van der Waals surface area contributed by atoms with Crippen molar-refractivity contribution in [2.24, 2.45) is 5.92 Å². The first-order valence-electron chi connectivity index (χ1n) is 6.09. The molecule has 18 heavy (non-hydrogen) atoms. The molecule has 2 aromatic rings. The maximum Gasteiger partial charge on any atom is 0.306 e. The summed E-state index contributed by atoms with van der Waals surface area (Å²) in [6, 6.07) is 6.06. The van der Waals surface area contributed by atoms with Crippen molar-refractivity contribution < 1.29 is 9.90 Å². The van der Waals surface area contributed by atoms with Crippen molar-refractivity contribution in [1.82, 2.24) is 4.98 Å². The van der Waals surface area contributed by atoms with Crippen LogP contribution in [0.15, 0.2) is 18.2 Å². The van der Waals surface area contributed by atoms with Gasteiger partial charge in [-0.15, -0.1) is 11.3 Å². The van der Waals surface area contributed by atoms with E-state index in [4.69, 9.17) is 5.11 Å². The highest BCUT2D eigenvalue weighted by Gasteiger charge is 2.13. The van der Waals surface area contributed by atoms with E-state index in [2.05, 4.69) is 18.8 Å². The van der Waals surface area contributed by atoms with Crippen LogP contribution in [0.25, 0.3) is 10.2 Å². The summed E-state index contributed by atoms with van der Waals surface area (Å²) >= 11 is 1.71. The zero-order valence-electron chi connectivity index (χ0n) is 10.8. The van der Waals surface area contributed by atoms with Crippen molar-refractivity contribution in [2.45, 2.75) is 33.1 Å². The van der Waals surface area contributed by atoms with Gasteiger partial charge in [0.25, 0.3) is 0 Å². The number of carboxylic acid groups (broad SMARTS) is 1. The number of rotatable bonds is 4. The number of nitrogens with zero attached hydrogens (tertiary/aromatic N) is 1. The van der Waals surface area contributed by atoms with Crippen LogP contribution in [0.5, 0.6) is 0 Å². The predicted octanol–water partition coefficient (Wildman–Crippen LogP) is 3.68. The van der Waals surface area contributed by atoms with Gasteiger partial charge in [-0.2, -0.15) is 0 Å². The zero-order valence-corrected chi connectivity index (χ0v) is 11.6. The molecule has 1 aromatic carbocycles. The molecule has 0 spiro atoms.